The van der Waals surface area contributed by atoms with Crippen molar-refractivity contribution in [3.63, 3.8) is 0 Å². The molecule has 0 saturated carbocycles. The average molecular weight is 363 g/mol. The van der Waals surface area contributed by atoms with E-state index in [-0.39, 0.29) is 23.9 Å². The van der Waals surface area contributed by atoms with Gasteiger partial charge in [-0.1, -0.05) is 37.6 Å². The number of rotatable bonds is 5. The second kappa shape index (κ2) is 7.53. The summed E-state index contributed by atoms with van der Waals surface area (Å²) in [6.07, 6.45) is 3.24. The lowest BCUT2D eigenvalue weighted by molar-refractivity contribution is 0.102. The molecule has 0 amide bonds. The molecule has 2 aromatic heterocycles. The van der Waals surface area contributed by atoms with Gasteiger partial charge in [0, 0.05) is 23.5 Å². The first-order valence-electron chi connectivity index (χ1n) is 8.75. The van der Waals surface area contributed by atoms with E-state index in [2.05, 4.69) is 9.97 Å². The summed E-state index contributed by atoms with van der Waals surface area (Å²) in [5.74, 6) is -0.554. The van der Waals surface area contributed by atoms with Crippen LogP contribution in [-0.2, 0) is 6.54 Å². The first-order valence-corrected chi connectivity index (χ1v) is 8.75. The third-order valence-corrected chi connectivity index (χ3v) is 4.40. The van der Waals surface area contributed by atoms with Gasteiger partial charge < -0.3 is 0 Å². The second-order valence-electron chi connectivity index (χ2n) is 6.82. The zero-order chi connectivity index (χ0) is 19.6. The van der Waals surface area contributed by atoms with Crippen LogP contribution in [0, 0.1) is 6.92 Å². The van der Waals surface area contributed by atoms with Crippen LogP contribution >= 0.6 is 0 Å². The molecular weight excluding hydrogens is 342 g/mol. The van der Waals surface area contributed by atoms with Crippen LogP contribution in [0.1, 0.15) is 52.5 Å². The highest BCUT2D eigenvalue weighted by atomic mass is 16.2. The third-order valence-electron chi connectivity index (χ3n) is 4.40. The number of carbonyl (C=O) groups excluding carboxylic acids is 1. The van der Waals surface area contributed by atoms with Crippen molar-refractivity contribution in [1.82, 2.24) is 14.5 Å². The fourth-order valence-electron chi connectivity index (χ4n) is 3.11. The molecule has 0 aliphatic rings. The van der Waals surface area contributed by atoms with Gasteiger partial charge in [0.05, 0.1) is 6.54 Å². The molecule has 1 N–H and O–H groups in total. The summed E-state index contributed by atoms with van der Waals surface area (Å²) >= 11 is 0. The SMILES string of the molecule is Cc1cccc(C(=O)c2c(C(C)C)c(=O)[nH]c(=O)n2Cc2ccncc2)c1. The Balaban J connectivity index is 2.27. The number of aromatic amines is 1. The van der Waals surface area contributed by atoms with E-state index in [1.807, 2.05) is 26.8 Å². The topological polar surface area (TPSA) is 84.8 Å². The van der Waals surface area contributed by atoms with E-state index in [0.717, 1.165) is 11.1 Å². The molecule has 0 bridgehead atoms. The molecule has 2 heterocycles. The van der Waals surface area contributed by atoms with Gasteiger partial charge in [-0.25, -0.2) is 4.79 Å². The number of nitrogens with one attached hydrogen (secondary N) is 1. The Morgan fingerprint density at radius 1 is 1.15 bits per heavy atom. The van der Waals surface area contributed by atoms with E-state index in [4.69, 9.17) is 0 Å². The van der Waals surface area contributed by atoms with Crippen LogP contribution in [0.3, 0.4) is 0 Å². The van der Waals surface area contributed by atoms with Crippen molar-refractivity contribution in [2.24, 2.45) is 0 Å². The Labute approximate surface area is 156 Å². The summed E-state index contributed by atoms with van der Waals surface area (Å²) in [5.41, 5.74) is 1.53. The smallest absolute Gasteiger partial charge is 0.287 e. The van der Waals surface area contributed by atoms with Crippen LogP contribution < -0.4 is 11.2 Å². The standard InChI is InChI=1S/C21H21N3O3/c1-13(2)17-18(19(25)16-6-4-5-14(3)11-16)24(21(27)23-20(17)26)12-15-7-9-22-10-8-15/h4-11,13H,12H2,1-3H3,(H,23,26,27). The first kappa shape index (κ1) is 18.5. The largest absolute Gasteiger partial charge is 0.329 e. The molecule has 3 rings (SSSR count). The molecule has 0 saturated heterocycles. The number of pyridine rings is 1. The minimum absolute atomic E-state index is 0.140. The highest BCUT2D eigenvalue weighted by Crippen LogP contribution is 2.19. The molecule has 6 heteroatoms. The van der Waals surface area contributed by atoms with Crippen LogP contribution in [0.4, 0.5) is 0 Å². The molecule has 0 unspecified atom stereocenters. The maximum absolute atomic E-state index is 13.3. The van der Waals surface area contributed by atoms with Gasteiger partial charge in [0.15, 0.2) is 0 Å². The molecule has 27 heavy (non-hydrogen) atoms. The maximum Gasteiger partial charge on any atom is 0.329 e. The van der Waals surface area contributed by atoms with Crippen LogP contribution in [0.15, 0.2) is 58.4 Å². The van der Waals surface area contributed by atoms with Gasteiger partial charge in [-0.3, -0.25) is 24.1 Å². The highest BCUT2D eigenvalue weighted by molar-refractivity contribution is 6.09. The van der Waals surface area contributed by atoms with Gasteiger partial charge in [0.25, 0.3) is 5.56 Å². The predicted octanol–water partition coefficient (Wildman–Crippen LogP) is 2.64. The van der Waals surface area contributed by atoms with Crippen molar-refractivity contribution < 1.29 is 4.79 Å². The van der Waals surface area contributed by atoms with Crippen molar-refractivity contribution in [2.75, 3.05) is 0 Å². The fraction of sp³-hybridized carbons (Fsp3) is 0.238. The molecule has 1 aromatic carbocycles. The molecule has 0 aliphatic carbocycles. The molecule has 0 fully saturated rings. The van der Waals surface area contributed by atoms with Gasteiger partial charge >= 0.3 is 5.69 Å². The number of H-pyrrole nitrogens is 1. The second-order valence-corrected chi connectivity index (χ2v) is 6.82. The summed E-state index contributed by atoms with van der Waals surface area (Å²) < 4.78 is 1.34. The number of nitrogens with zero attached hydrogens (tertiary/aromatic N) is 2. The predicted molar refractivity (Wildman–Crippen MR) is 103 cm³/mol. The summed E-state index contributed by atoms with van der Waals surface area (Å²) in [4.78, 5) is 44.7. The Bertz CT molecular complexity index is 1100. The molecule has 0 atom stereocenters. The zero-order valence-corrected chi connectivity index (χ0v) is 15.5. The van der Waals surface area contributed by atoms with Crippen molar-refractivity contribution in [1.29, 1.82) is 0 Å². The Hall–Kier alpha value is -3.28. The average Bonchev–Trinajstić information content (AvgIpc) is 2.63. The van der Waals surface area contributed by atoms with Gasteiger partial charge in [0.2, 0.25) is 5.78 Å². The summed E-state index contributed by atoms with van der Waals surface area (Å²) in [6.45, 7) is 5.73. The quantitative estimate of drug-likeness (QED) is 0.706. The van der Waals surface area contributed by atoms with Crippen molar-refractivity contribution in [3.8, 4) is 0 Å². The van der Waals surface area contributed by atoms with Gasteiger partial charge in [-0.05, 0) is 36.6 Å². The third kappa shape index (κ3) is 3.79. The Morgan fingerprint density at radius 2 is 1.85 bits per heavy atom. The van der Waals surface area contributed by atoms with Crippen molar-refractivity contribution >= 4 is 5.78 Å². The zero-order valence-electron chi connectivity index (χ0n) is 15.5. The van der Waals surface area contributed by atoms with Gasteiger partial charge in [-0.15, -0.1) is 0 Å². The monoisotopic (exact) mass is 363 g/mol. The lowest BCUT2D eigenvalue weighted by Crippen LogP contribution is -2.38. The number of carbonyl (C=O) groups is 1. The summed E-state index contributed by atoms with van der Waals surface area (Å²) in [5, 5.41) is 0. The van der Waals surface area contributed by atoms with Crippen LogP contribution in [0.5, 0.6) is 0 Å². The van der Waals surface area contributed by atoms with Crippen molar-refractivity contribution in [3.05, 3.63) is 97.6 Å². The van der Waals surface area contributed by atoms with Gasteiger partial charge in [-0.2, -0.15) is 0 Å². The molecule has 3 aromatic rings. The maximum atomic E-state index is 13.3. The normalized spacial score (nSPS) is 11.0. The van der Waals surface area contributed by atoms with E-state index in [1.54, 1.807) is 42.7 Å². The number of benzene rings is 1. The van der Waals surface area contributed by atoms with E-state index in [9.17, 15) is 14.4 Å². The van der Waals surface area contributed by atoms with Crippen molar-refractivity contribution in [2.45, 2.75) is 33.2 Å². The van der Waals surface area contributed by atoms with Crippen LogP contribution in [0.2, 0.25) is 0 Å². The molecule has 0 spiro atoms. The lowest BCUT2D eigenvalue weighted by atomic mass is 9.96. The Morgan fingerprint density at radius 3 is 2.48 bits per heavy atom. The number of ketones is 1. The van der Waals surface area contributed by atoms with E-state index < -0.39 is 11.2 Å². The molecule has 138 valence electrons. The number of hydrogen-bond donors (Lipinski definition) is 1. The molecule has 0 aliphatic heterocycles. The van der Waals surface area contributed by atoms with Gasteiger partial charge in [0.1, 0.15) is 5.69 Å². The summed E-state index contributed by atoms with van der Waals surface area (Å²) in [6, 6.07) is 10.7. The number of aryl methyl sites for hydroxylation is 1. The van der Waals surface area contributed by atoms with Crippen LogP contribution in [0.25, 0.3) is 0 Å². The van der Waals surface area contributed by atoms with E-state index >= 15 is 0 Å². The Kier molecular flexibility index (Phi) is 5.16. The van der Waals surface area contributed by atoms with E-state index in [0.29, 0.717) is 11.1 Å². The van der Waals surface area contributed by atoms with Crippen LogP contribution in [-0.4, -0.2) is 20.3 Å². The lowest BCUT2D eigenvalue weighted by Gasteiger charge is -2.17. The highest BCUT2D eigenvalue weighted by Gasteiger charge is 2.24. The first-order chi connectivity index (χ1) is 12.9. The molecule has 0 radical (unpaired) electrons. The fourth-order valence-corrected chi connectivity index (χ4v) is 3.11. The summed E-state index contributed by atoms with van der Waals surface area (Å²) in [7, 11) is 0. The number of hydrogen-bond acceptors (Lipinski definition) is 4. The number of aromatic nitrogens is 3. The van der Waals surface area contributed by atoms with E-state index in [1.165, 1.54) is 4.57 Å². The minimum atomic E-state index is -0.600. The molecular formula is C21H21N3O3. The minimum Gasteiger partial charge on any atom is -0.287 e. The molecule has 6 nitrogen and oxygen atoms in total.